The highest BCUT2D eigenvalue weighted by Crippen LogP contribution is 2.38. The number of benzene rings is 3. The lowest BCUT2D eigenvalue weighted by molar-refractivity contribution is -0.137. The summed E-state index contributed by atoms with van der Waals surface area (Å²) in [4.78, 5) is 13.3. The molecule has 1 amide bonds. The number of nitriles is 2. The molecule has 164 valence electrons. The van der Waals surface area contributed by atoms with Gasteiger partial charge in [-0.15, -0.1) is 0 Å². The summed E-state index contributed by atoms with van der Waals surface area (Å²) in [6.07, 6.45) is -4.81. The van der Waals surface area contributed by atoms with Gasteiger partial charge in [-0.1, -0.05) is 49.0 Å². The van der Waals surface area contributed by atoms with E-state index in [1.165, 1.54) is 42.5 Å². The Morgan fingerprint density at radius 3 is 2.12 bits per heavy atom. The summed E-state index contributed by atoms with van der Waals surface area (Å²) < 4.78 is 39.9. The molecular weight excluding hydrogens is 431 g/mol. The number of hydrogen-bond donors (Lipinski definition) is 2. The first-order valence-corrected chi connectivity index (χ1v) is 9.52. The Morgan fingerprint density at radius 1 is 0.939 bits per heavy atom. The van der Waals surface area contributed by atoms with Crippen molar-refractivity contribution in [3.8, 4) is 12.1 Å². The molecule has 3 aromatic carbocycles. The van der Waals surface area contributed by atoms with E-state index >= 15 is 0 Å². The van der Waals surface area contributed by atoms with E-state index < -0.39 is 28.8 Å². The Kier molecular flexibility index (Phi) is 6.34. The van der Waals surface area contributed by atoms with Crippen LogP contribution in [-0.2, 0) is 16.6 Å². The fraction of sp³-hybridized carbons (Fsp3) is 0.0800. The average molecular weight is 447 g/mol. The van der Waals surface area contributed by atoms with E-state index in [4.69, 9.17) is 10.5 Å². The third-order valence-corrected chi connectivity index (χ3v) is 5.02. The maximum absolute atomic E-state index is 13.3. The summed E-state index contributed by atoms with van der Waals surface area (Å²) in [5, 5.41) is 31.8. The minimum Gasteiger partial charge on any atom is -0.372 e. The Morgan fingerprint density at radius 2 is 1.58 bits per heavy atom. The van der Waals surface area contributed by atoms with Gasteiger partial charge in [0.15, 0.2) is 5.60 Å². The molecule has 1 unspecified atom stereocenters. The van der Waals surface area contributed by atoms with E-state index in [0.29, 0.717) is 17.2 Å². The predicted octanol–water partition coefficient (Wildman–Crippen LogP) is 4.99. The Bertz CT molecular complexity index is 1290. The van der Waals surface area contributed by atoms with Crippen molar-refractivity contribution >= 4 is 17.2 Å². The van der Waals surface area contributed by atoms with Crippen LogP contribution in [0.1, 0.15) is 27.8 Å². The standard InChI is InChI=1S/C25H16F3N3O2/c1-16(18-9-7-17(14-29)8-10-18)24(33,20-5-3-2-4-6-20)23(32)31-21-12-11-19(15-30)22(13-21)25(26,27)28/h2-13,33H,1H2,(H,31,32). The summed E-state index contributed by atoms with van der Waals surface area (Å²) in [5.41, 5.74) is -3.60. The number of nitrogens with one attached hydrogen (secondary N) is 1. The van der Waals surface area contributed by atoms with Gasteiger partial charge in [0.1, 0.15) is 0 Å². The SMILES string of the molecule is C=C(c1ccc(C#N)cc1)C(O)(C(=O)Nc1ccc(C#N)c(C(F)(F)F)c1)c1ccccc1. The van der Waals surface area contributed by atoms with Gasteiger partial charge in [-0.25, -0.2) is 0 Å². The Labute approximate surface area is 187 Å². The van der Waals surface area contributed by atoms with E-state index in [1.54, 1.807) is 18.2 Å². The van der Waals surface area contributed by atoms with E-state index in [2.05, 4.69) is 11.9 Å². The van der Waals surface area contributed by atoms with Crippen LogP contribution in [0.3, 0.4) is 0 Å². The lowest BCUT2D eigenvalue weighted by Gasteiger charge is -2.30. The first-order chi connectivity index (χ1) is 15.6. The molecule has 0 aliphatic carbocycles. The average Bonchev–Trinajstić information content (AvgIpc) is 2.83. The van der Waals surface area contributed by atoms with Crippen LogP contribution in [0, 0.1) is 22.7 Å². The van der Waals surface area contributed by atoms with Crippen LogP contribution in [-0.4, -0.2) is 11.0 Å². The van der Waals surface area contributed by atoms with Crippen molar-refractivity contribution in [2.75, 3.05) is 5.32 Å². The molecule has 0 aliphatic heterocycles. The first kappa shape index (κ1) is 23.3. The number of amides is 1. The van der Waals surface area contributed by atoms with Crippen LogP contribution in [0.15, 0.2) is 79.4 Å². The molecule has 3 aromatic rings. The molecule has 0 radical (unpaired) electrons. The van der Waals surface area contributed by atoms with Crippen LogP contribution >= 0.6 is 0 Å². The molecule has 0 aliphatic rings. The van der Waals surface area contributed by atoms with Gasteiger partial charge >= 0.3 is 6.18 Å². The number of halogens is 3. The van der Waals surface area contributed by atoms with Crippen molar-refractivity contribution in [3.05, 3.63) is 107 Å². The monoisotopic (exact) mass is 447 g/mol. The fourth-order valence-electron chi connectivity index (χ4n) is 3.25. The summed E-state index contributed by atoms with van der Waals surface area (Å²) in [6, 6.07) is 19.9. The minimum absolute atomic E-state index is 0.0413. The number of anilines is 1. The number of nitrogens with zero attached hydrogens (tertiary/aromatic N) is 2. The van der Waals surface area contributed by atoms with Gasteiger partial charge in [-0.3, -0.25) is 4.79 Å². The number of carbonyl (C=O) groups is 1. The first-order valence-electron chi connectivity index (χ1n) is 9.52. The molecule has 0 fully saturated rings. The highest BCUT2D eigenvalue weighted by atomic mass is 19.4. The topological polar surface area (TPSA) is 96.9 Å². The number of rotatable bonds is 5. The lowest BCUT2D eigenvalue weighted by Crippen LogP contribution is -2.41. The normalized spacial score (nSPS) is 12.7. The van der Waals surface area contributed by atoms with Crippen molar-refractivity contribution < 1.29 is 23.1 Å². The molecule has 0 aromatic heterocycles. The molecule has 0 saturated carbocycles. The van der Waals surface area contributed by atoms with Crippen molar-refractivity contribution in [1.82, 2.24) is 0 Å². The van der Waals surface area contributed by atoms with Crippen LogP contribution in [0.2, 0.25) is 0 Å². The second kappa shape index (κ2) is 8.99. The van der Waals surface area contributed by atoms with E-state index in [9.17, 15) is 23.1 Å². The molecular formula is C25H16F3N3O2. The van der Waals surface area contributed by atoms with Gasteiger partial charge in [-0.05, 0) is 47.0 Å². The van der Waals surface area contributed by atoms with Gasteiger partial charge < -0.3 is 10.4 Å². The predicted molar refractivity (Wildman–Crippen MR) is 115 cm³/mol. The summed E-state index contributed by atoms with van der Waals surface area (Å²) in [7, 11) is 0. The van der Waals surface area contributed by atoms with Gasteiger partial charge in [0.25, 0.3) is 5.91 Å². The molecule has 2 N–H and O–H groups in total. The molecule has 0 heterocycles. The van der Waals surface area contributed by atoms with E-state index in [-0.39, 0.29) is 16.8 Å². The second-order valence-corrected chi connectivity index (χ2v) is 7.07. The molecule has 0 bridgehead atoms. The number of alkyl halides is 3. The zero-order valence-corrected chi connectivity index (χ0v) is 17.0. The molecule has 5 nitrogen and oxygen atoms in total. The van der Waals surface area contributed by atoms with E-state index in [0.717, 1.165) is 12.1 Å². The van der Waals surface area contributed by atoms with Crippen molar-refractivity contribution in [1.29, 1.82) is 10.5 Å². The maximum Gasteiger partial charge on any atom is 0.417 e. The lowest BCUT2D eigenvalue weighted by atomic mass is 9.82. The van der Waals surface area contributed by atoms with Crippen LogP contribution in [0.25, 0.3) is 5.57 Å². The summed E-state index contributed by atoms with van der Waals surface area (Å²) >= 11 is 0. The molecule has 0 saturated heterocycles. The molecule has 33 heavy (non-hydrogen) atoms. The zero-order valence-electron chi connectivity index (χ0n) is 17.0. The smallest absolute Gasteiger partial charge is 0.372 e. The fourth-order valence-corrected chi connectivity index (χ4v) is 3.25. The molecule has 0 spiro atoms. The van der Waals surface area contributed by atoms with Crippen molar-refractivity contribution in [3.63, 3.8) is 0 Å². The Hall–Kier alpha value is -4.40. The van der Waals surface area contributed by atoms with Gasteiger partial charge in [0.05, 0.1) is 28.8 Å². The van der Waals surface area contributed by atoms with Gasteiger partial charge in [-0.2, -0.15) is 23.7 Å². The zero-order chi connectivity index (χ0) is 24.2. The number of carbonyl (C=O) groups excluding carboxylic acids is 1. The highest BCUT2D eigenvalue weighted by molar-refractivity contribution is 6.07. The second-order valence-electron chi connectivity index (χ2n) is 7.07. The quantitative estimate of drug-likeness (QED) is 0.576. The summed E-state index contributed by atoms with van der Waals surface area (Å²) in [5.74, 6) is -1.04. The molecule has 3 rings (SSSR count). The summed E-state index contributed by atoms with van der Waals surface area (Å²) in [6.45, 7) is 3.86. The van der Waals surface area contributed by atoms with Gasteiger partial charge in [0.2, 0.25) is 0 Å². The molecule has 8 heteroatoms. The largest absolute Gasteiger partial charge is 0.417 e. The third-order valence-electron chi connectivity index (χ3n) is 5.02. The van der Waals surface area contributed by atoms with E-state index in [1.807, 2.05) is 6.07 Å². The number of aliphatic hydroxyl groups is 1. The maximum atomic E-state index is 13.3. The number of hydrogen-bond acceptors (Lipinski definition) is 4. The van der Waals surface area contributed by atoms with Crippen LogP contribution in [0.4, 0.5) is 18.9 Å². The third kappa shape index (κ3) is 4.62. The van der Waals surface area contributed by atoms with Crippen molar-refractivity contribution in [2.45, 2.75) is 11.8 Å². The molecule has 1 atom stereocenters. The van der Waals surface area contributed by atoms with Crippen LogP contribution < -0.4 is 5.32 Å². The highest BCUT2D eigenvalue weighted by Gasteiger charge is 2.42. The van der Waals surface area contributed by atoms with Gasteiger partial charge in [0, 0.05) is 5.69 Å². The Balaban J connectivity index is 2.05. The van der Waals surface area contributed by atoms with Crippen molar-refractivity contribution in [2.24, 2.45) is 0 Å². The van der Waals surface area contributed by atoms with Crippen LogP contribution in [0.5, 0.6) is 0 Å². The minimum atomic E-state index is -4.81.